The molecule has 3 nitrogen and oxygen atoms in total. The molecule has 90 valence electrons. The molecular formula is C12H18ClNO2. The van der Waals surface area contributed by atoms with Gasteiger partial charge in [-0.3, -0.25) is 0 Å². The lowest BCUT2D eigenvalue weighted by molar-refractivity contribution is 0.403. The van der Waals surface area contributed by atoms with Crippen LogP contribution in [-0.2, 0) is 0 Å². The van der Waals surface area contributed by atoms with Crippen molar-refractivity contribution in [2.45, 2.75) is 6.42 Å². The molecule has 0 aliphatic heterocycles. The van der Waals surface area contributed by atoms with E-state index in [9.17, 15) is 0 Å². The molecule has 0 N–H and O–H groups in total. The maximum atomic E-state index is 5.68. The van der Waals surface area contributed by atoms with Gasteiger partial charge in [0.25, 0.3) is 0 Å². The summed E-state index contributed by atoms with van der Waals surface area (Å²) in [6.07, 6.45) is 0.943. The van der Waals surface area contributed by atoms with Gasteiger partial charge >= 0.3 is 0 Å². The molecule has 0 amide bonds. The van der Waals surface area contributed by atoms with Crippen LogP contribution in [0.4, 0.5) is 5.69 Å². The van der Waals surface area contributed by atoms with Crippen molar-refractivity contribution in [3.05, 3.63) is 18.2 Å². The predicted octanol–water partition coefficient (Wildman–Crippen LogP) is 2.77. The van der Waals surface area contributed by atoms with Crippen LogP contribution < -0.4 is 14.4 Å². The Labute approximate surface area is 102 Å². The lowest BCUT2D eigenvalue weighted by Crippen LogP contribution is -2.19. The smallest absolute Gasteiger partial charge is 0.142 e. The molecule has 0 radical (unpaired) electrons. The molecule has 0 aliphatic carbocycles. The highest BCUT2D eigenvalue weighted by Crippen LogP contribution is 2.31. The summed E-state index contributed by atoms with van der Waals surface area (Å²) in [5.41, 5.74) is 1.02. The Morgan fingerprint density at radius 3 is 2.56 bits per heavy atom. The zero-order chi connectivity index (χ0) is 12.0. The third kappa shape index (κ3) is 3.20. The van der Waals surface area contributed by atoms with Crippen LogP contribution in [0.2, 0.25) is 0 Å². The summed E-state index contributed by atoms with van der Waals surface area (Å²) >= 11 is 5.68. The van der Waals surface area contributed by atoms with Gasteiger partial charge in [0.1, 0.15) is 11.5 Å². The normalized spacial score (nSPS) is 10.0. The monoisotopic (exact) mass is 243 g/mol. The van der Waals surface area contributed by atoms with E-state index < -0.39 is 0 Å². The van der Waals surface area contributed by atoms with E-state index in [0.29, 0.717) is 5.88 Å². The molecule has 0 fully saturated rings. The molecule has 1 rings (SSSR count). The number of benzene rings is 1. The summed E-state index contributed by atoms with van der Waals surface area (Å²) in [5.74, 6) is 2.34. The van der Waals surface area contributed by atoms with Crippen molar-refractivity contribution >= 4 is 17.3 Å². The van der Waals surface area contributed by atoms with Gasteiger partial charge in [-0.05, 0) is 18.6 Å². The van der Waals surface area contributed by atoms with Crippen LogP contribution in [0.25, 0.3) is 0 Å². The Morgan fingerprint density at radius 1 is 1.25 bits per heavy atom. The molecule has 0 spiro atoms. The largest absolute Gasteiger partial charge is 0.497 e. The predicted molar refractivity (Wildman–Crippen MR) is 68.2 cm³/mol. The van der Waals surface area contributed by atoms with E-state index in [2.05, 4.69) is 4.90 Å². The van der Waals surface area contributed by atoms with E-state index in [1.54, 1.807) is 14.2 Å². The Balaban J connectivity index is 2.89. The molecule has 0 heterocycles. The van der Waals surface area contributed by atoms with Crippen molar-refractivity contribution in [3.63, 3.8) is 0 Å². The van der Waals surface area contributed by atoms with Crippen molar-refractivity contribution in [1.29, 1.82) is 0 Å². The van der Waals surface area contributed by atoms with E-state index in [0.717, 1.165) is 30.2 Å². The fraction of sp³-hybridized carbons (Fsp3) is 0.500. The Morgan fingerprint density at radius 2 is 2.00 bits per heavy atom. The summed E-state index contributed by atoms with van der Waals surface area (Å²) in [6, 6.07) is 5.76. The number of halogens is 1. The molecule has 0 saturated carbocycles. The summed E-state index contributed by atoms with van der Waals surface area (Å²) in [4.78, 5) is 2.11. The first kappa shape index (κ1) is 13.0. The third-order valence-electron chi connectivity index (χ3n) is 2.42. The van der Waals surface area contributed by atoms with E-state index in [4.69, 9.17) is 21.1 Å². The first-order valence-corrected chi connectivity index (χ1v) is 5.75. The van der Waals surface area contributed by atoms with Crippen molar-refractivity contribution < 1.29 is 9.47 Å². The summed E-state index contributed by atoms with van der Waals surface area (Å²) < 4.78 is 10.5. The van der Waals surface area contributed by atoms with Crippen LogP contribution in [0.15, 0.2) is 18.2 Å². The fourth-order valence-electron chi connectivity index (χ4n) is 1.51. The average molecular weight is 244 g/mol. The van der Waals surface area contributed by atoms with E-state index in [1.165, 1.54) is 0 Å². The number of alkyl halides is 1. The standard InChI is InChI=1S/C12H18ClNO2/c1-14(8-4-7-13)11-9-10(15-2)5-6-12(11)16-3/h5-6,9H,4,7-8H2,1-3H3. The fourth-order valence-corrected chi connectivity index (χ4v) is 1.63. The van der Waals surface area contributed by atoms with Gasteiger partial charge in [-0.2, -0.15) is 0 Å². The Hall–Kier alpha value is -1.09. The molecular weight excluding hydrogens is 226 g/mol. The SMILES string of the molecule is COc1ccc(OC)c(N(C)CCCCl)c1. The van der Waals surface area contributed by atoms with Gasteiger partial charge < -0.3 is 14.4 Å². The molecule has 1 aromatic rings. The van der Waals surface area contributed by atoms with E-state index >= 15 is 0 Å². The average Bonchev–Trinajstić information content (AvgIpc) is 2.35. The zero-order valence-corrected chi connectivity index (χ0v) is 10.8. The second-order valence-electron chi connectivity index (χ2n) is 3.50. The van der Waals surface area contributed by atoms with Crippen molar-refractivity contribution in [2.24, 2.45) is 0 Å². The number of anilines is 1. The number of hydrogen-bond acceptors (Lipinski definition) is 3. The van der Waals surface area contributed by atoms with Gasteiger partial charge in [-0.15, -0.1) is 11.6 Å². The lowest BCUT2D eigenvalue weighted by atomic mass is 10.2. The minimum absolute atomic E-state index is 0.663. The van der Waals surface area contributed by atoms with Crippen LogP contribution in [-0.4, -0.2) is 33.7 Å². The number of nitrogens with zero attached hydrogens (tertiary/aromatic N) is 1. The van der Waals surface area contributed by atoms with Crippen LogP contribution in [0.5, 0.6) is 11.5 Å². The van der Waals surface area contributed by atoms with Crippen molar-refractivity contribution in [2.75, 3.05) is 38.6 Å². The highest BCUT2D eigenvalue weighted by Gasteiger charge is 2.09. The lowest BCUT2D eigenvalue weighted by Gasteiger charge is -2.21. The van der Waals surface area contributed by atoms with E-state index in [1.807, 2.05) is 25.2 Å². The third-order valence-corrected chi connectivity index (χ3v) is 2.69. The Bertz CT molecular complexity index is 331. The first-order chi connectivity index (χ1) is 7.72. The number of ether oxygens (including phenoxy) is 2. The first-order valence-electron chi connectivity index (χ1n) is 5.22. The zero-order valence-electron chi connectivity index (χ0n) is 10.00. The highest BCUT2D eigenvalue weighted by atomic mass is 35.5. The van der Waals surface area contributed by atoms with Gasteiger partial charge in [0.15, 0.2) is 0 Å². The molecule has 0 atom stereocenters. The number of hydrogen-bond donors (Lipinski definition) is 0. The molecule has 0 bridgehead atoms. The number of rotatable bonds is 6. The maximum Gasteiger partial charge on any atom is 0.142 e. The van der Waals surface area contributed by atoms with E-state index in [-0.39, 0.29) is 0 Å². The van der Waals surface area contributed by atoms with Crippen LogP contribution in [0.3, 0.4) is 0 Å². The topological polar surface area (TPSA) is 21.7 Å². The van der Waals surface area contributed by atoms with Crippen LogP contribution in [0.1, 0.15) is 6.42 Å². The summed E-state index contributed by atoms with van der Waals surface area (Å²) in [5, 5.41) is 0. The molecule has 4 heteroatoms. The Kier molecular flexibility index (Phi) is 5.26. The molecule has 0 unspecified atom stereocenters. The van der Waals surface area contributed by atoms with Crippen molar-refractivity contribution in [1.82, 2.24) is 0 Å². The molecule has 16 heavy (non-hydrogen) atoms. The van der Waals surface area contributed by atoms with Gasteiger partial charge in [0.05, 0.1) is 19.9 Å². The van der Waals surface area contributed by atoms with Gasteiger partial charge in [0, 0.05) is 25.5 Å². The van der Waals surface area contributed by atoms with Crippen molar-refractivity contribution in [3.8, 4) is 11.5 Å². The second-order valence-corrected chi connectivity index (χ2v) is 3.88. The molecule has 0 saturated heterocycles. The molecule has 0 aliphatic rings. The molecule has 0 aromatic heterocycles. The minimum Gasteiger partial charge on any atom is -0.497 e. The van der Waals surface area contributed by atoms with Gasteiger partial charge in [0.2, 0.25) is 0 Å². The van der Waals surface area contributed by atoms with Crippen LogP contribution >= 0.6 is 11.6 Å². The molecule has 1 aromatic carbocycles. The minimum atomic E-state index is 0.663. The highest BCUT2D eigenvalue weighted by molar-refractivity contribution is 6.17. The maximum absolute atomic E-state index is 5.68. The van der Waals surface area contributed by atoms with Gasteiger partial charge in [-0.1, -0.05) is 0 Å². The number of methoxy groups -OCH3 is 2. The van der Waals surface area contributed by atoms with Crippen LogP contribution in [0, 0.1) is 0 Å². The summed E-state index contributed by atoms with van der Waals surface area (Å²) in [6.45, 7) is 0.896. The second kappa shape index (κ2) is 6.48. The van der Waals surface area contributed by atoms with Gasteiger partial charge in [-0.25, -0.2) is 0 Å². The quantitative estimate of drug-likeness (QED) is 0.718. The summed E-state index contributed by atoms with van der Waals surface area (Å²) in [7, 11) is 5.34.